The molecule has 0 spiro atoms. The van der Waals surface area contributed by atoms with E-state index >= 15 is 0 Å². The summed E-state index contributed by atoms with van der Waals surface area (Å²) in [6.45, 7) is 5.49. The Balaban J connectivity index is 1.84. The number of nitrogens with zero attached hydrogens (tertiary/aromatic N) is 4. The summed E-state index contributed by atoms with van der Waals surface area (Å²) >= 11 is 0. The normalized spacial score (nSPS) is 17.0. The Bertz CT molecular complexity index is 326. The van der Waals surface area contributed by atoms with Crippen molar-refractivity contribution >= 4 is 0 Å². The summed E-state index contributed by atoms with van der Waals surface area (Å²) in [5.41, 5.74) is 0.200. The van der Waals surface area contributed by atoms with Gasteiger partial charge in [-0.15, -0.1) is 10.2 Å². The van der Waals surface area contributed by atoms with Crippen molar-refractivity contribution in [3.8, 4) is 0 Å². The Hall–Kier alpha value is -0.970. The van der Waals surface area contributed by atoms with Crippen molar-refractivity contribution < 1.29 is 0 Å². The second-order valence-electron chi connectivity index (χ2n) is 5.19. The minimum Gasteiger partial charge on any atom is -0.313 e. The Morgan fingerprint density at radius 2 is 2.20 bits per heavy atom. The maximum absolute atomic E-state index is 4.21. The van der Waals surface area contributed by atoms with Gasteiger partial charge in [0.1, 0.15) is 0 Å². The summed E-state index contributed by atoms with van der Waals surface area (Å²) in [5.74, 6) is 0.833. The van der Waals surface area contributed by atoms with E-state index in [1.54, 1.807) is 7.05 Å². The first-order chi connectivity index (χ1) is 7.05. The average molecular weight is 209 g/mol. The first-order valence-corrected chi connectivity index (χ1v) is 5.51. The van der Waals surface area contributed by atoms with Crippen LogP contribution in [0.1, 0.15) is 32.5 Å². The predicted molar refractivity (Wildman–Crippen MR) is 57.3 cm³/mol. The van der Waals surface area contributed by atoms with Gasteiger partial charge >= 0.3 is 0 Å². The van der Waals surface area contributed by atoms with E-state index in [0.29, 0.717) is 0 Å². The summed E-state index contributed by atoms with van der Waals surface area (Å²) in [5, 5.41) is 15.6. The standard InChI is InChI=1S/C10H19N5/c1-10(2,7-11-8-4-5-8)6-9-12-14-15(3)13-9/h8,11H,4-7H2,1-3H3. The van der Waals surface area contributed by atoms with Crippen LogP contribution in [0.2, 0.25) is 0 Å². The van der Waals surface area contributed by atoms with E-state index in [0.717, 1.165) is 24.8 Å². The van der Waals surface area contributed by atoms with Crippen LogP contribution >= 0.6 is 0 Å². The van der Waals surface area contributed by atoms with Crippen molar-refractivity contribution in [3.05, 3.63) is 5.82 Å². The quantitative estimate of drug-likeness (QED) is 0.768. The Kier molecular flexibility index (Phi) is 2.73. The van der Waals surface area contributed by atoms with Gasteiger partial charge in [0.2, 0.25) is 0 Å². The average Bonchev–Trinajstić information content (AvgIpc) is 2.88. The number of hydrogen-bond donors (Lipinski definition) is 1. The van der Waals surface area contributed by atoms with Gasteiger partial charge in [0.05, 0.1) is 7.05 Å². The van der Waals surface area contributed by atoms with Crippen LogP contribution in [0.5, 0.6) is 0 Å². The summed E-state index contributed by atoms with van der Waals surface area (Å²) < 4.78 is 0. The minimum absolute atomic E-state index is 0.200. The van der Waals surface area contributed by atoms with Crippen LogP contribution in [0.25, 0.3) is 0 Å². The van der Waals surface area contributed by atoms with Gasteiger partial charge in [0, 0.05) is 19.0 Å². The van der Waals surface area contributed by atoms with Gasteiger partial charge in [-0.25, -0.2) is 0 Å². The number of tetrazole rings is 1. The molecule has 0 aromatic carbocycles. The molecule has 84 valence electrons. The first kappa shape index (κ1) is 10.5. The van der Waals surface area contributed by atoms with E-state index < -0.39 is 0 Å². The van der Waals surface area contributed by atoms with Gasteiger partial charge in [-0.1, -0.05) is 13.8 Å². The fourth-order valence-electron chi connectivity index (χ4n) is 1.59. The maximum atomic E-state index is 4.21. The molecule has 2 rings (SSSR count). The van der Waals surface area contributed by atoms with Gasteiger partial charge in [0.25, 0.3) is 0 Å². The molecule has 15 heavy (non-hydrogen) atoms. The van der Waals surface area contributed by atoms with Crippen LogP contribution in [-0.4, -0.2) is 32.8 Å². The summed E-state index contributed by atoms with van der Waals surface area (Å²) in [6, 6.07) is 0.763. The van der Waals surface area contributed by atoms with E-state index in [4.69, 9.17) is 0 Å². The number of hydrogen-bond acceptors (Lipinski definition) is 4. The van der Waals surface area contributed by atoms with Crippen LogP contribution in [0.4, 0.5) is 0 Å². The monoisotopic (exact) mass is 209 g/mol. The fraction of sp³-hybridized carbons (Fsp3) is 0.900. The van der Waals surface area contributed by atoms with Gasteiger partial charge < -0.3 is 5.32 Å². The van der Waals surface area contributed by atoms with Gasteiger partial charge in [-0.05, 0) is 23.5 Å². The molecule has 1 aliphatic rings. The SMILES string of the molecule is Cn1nnc(CC(C)(C)CNC2CC2)n1. The molecular formula is C10H19N5. The molecule has 1 N–H and O–H groups in total. The number of aryl methyl sites for hydroxylation is 1. The molecule has 5 nitrogen and oxygen atoms in total. The largest absolute Gasteiger partial charge is 0.313 e. The second kappa shape index (κ2) is 3.89. The third-order valence-corrected chi connectivity index (χ3v) is 2.63. The molecule has 5 heteroatoms. The summed E-state index contributed by atoms with van der Waals surface area (Å²) in [4.78, 5) is 1.51. The lowest BCUT2D eigenvalue weighted by Gasteiger charge is -2.23. The molecule has 1 heterocycles. The van der Waals surface area contributed by atoms with Crippen molar-refractivity contribution in [2.75, 3.05) is 6.54 Å². The molecule has 1 aromatic heterocycles. The van der Waals surface area contributed by atoms with Crippen LogP contribution in [0, 0.1) is 5.41 Å². The molecule has 0 unspecified atom stereocenters. The molecule has 0 atom stereocenters. The highest BCUT2D eigenvalue weighted by atomic mass is 15.6. The predicted octanol–water partition coefficient (Wildman–Crippen LogP) is 0.531. The molecule has 0 saturated heterocycles. The van der Waals surface area contributed by atoms with E-state index in [2.05, 4.69) is 34.6 Å². The Morgan fingerprint density at radius 1 is 1.47 bits per heavy atom. The molecule has 1 aromatic rings. The number of aromatic nitrogens is 4. The fourth-order valence-corrected chi connectivity index (χ4v) is 1.59. The second-order valence-corrected chi connectivity index (χ2v) is 5.19. The lowest BCUT2D eigenvalue weighted by Crippen LogP contribution is -2.32. The van der Waals surface area contributed by atoms with Crippen LogP contribution in [-0.2, 0) is 13.5 Å². The summed E-state index contributed by atoms with van der Waals surface area (Å²) in [6.07, 6.45) is 3.54. The van der Waals surface area contributed by atoms with E-state index in [1.165, 1.54) is 17.6 Å². The van der Waals surface area contributed by atoms with Gasteiger partial charge in [0.15, 0.2) is 5.82 Å². The molecule has 1 fully saturated rings. The lowest BCUT2D eigenvalue weighted by atomic mass is 9.89. The van der Waals surface area contributed by atoms with Crippen molar-refractivity contribution in [1.82, 2.24) is 25.5 Å². The van der Waals surface area contributed by atoms with E-state index in [1.807, 2.05) is 0 Å². The maximum Gasteiger partial charge on any atom is 0.175 e. The zero-order valence-electron chi connectivity index (χ0n) is 9.69. The molecule has 0 radical (unpaired) electrons. The third-order valence-electron chi connectivity index (χ3n) is 2.63. The van der Waals surface area contributed by atoms with Crippen LogP contribution < -0.4 is 5.32 Å². The Morgan fingerprint density at radius 3 is 2.73 bits per heavy atom. The van der Waals surface area contributed by atoms with E-state index in [9.17, 15) is 0 Å². The molecule has 1 saturated carbocycles. The zero-order chi connectivity index (χ0) is 10.9. The highest BCUT2D eigenvalue weighted by molar-refractivity contribution is 4.89. The van der Waals surface area contributed by atoms with Crippen LogP contribution in [0.15, 0.2) is 0 Å². The smallest absolute Gasteiger partial charge is 0.175 e. The first-order valence-electron chi connectivity index (χ1n) is 5.51. The zero-order valence-corrected chi connectivity index (χ0v) is 9.69. The summed E-state index contributed by atoms with van der Waals surface area (Å²) in [7, 11) is 1.80. The topological polar surface area (TPSA) is 55.6 Å². The Labute approximate surface area is 90.2 Å². The van der Waals surface area contributed by atoms with E-state index in [-0.39, 0.29) is 5.41 Å². The van der Waals surface area contributed by atoms with Crippen LogP contribution in [0.3, 0.4) is 0 Å². The number of nitrogens with one attached hydrogen (secondary N) is 1. The van der Waals surface area contributed by atoms with Crippen molar-refractivity contribution in [1.29, 1.82) is 0 Å². The molecule has 0 bridgehead atoms. The molecule has 0 amide bonds. The molecule has 0 aliphatic heterocycles. The highest BCUT2D eigenvalue weighted by Gasteiger charge is 2.26. The lowest BCUT2D eigenvalue weighted by molar-refractivity contribution is 0.329. The minimum atomic E-state index is 0.200. The molecular weight excluding hydrogens is 190 g/mol. The van der Waals surface area contributed by atoms with Gasteiger partial charge in [-0.3, -0.25) is 0 Å². The van der Waals surface area contributed by atoms with Crippen molar-refractivity contribution in [2.45, 2.75) is 39.2 Å². The van der Waals surface area contributed by atoms with Crippen molar-refractivity contribution in [3.63, 3.8) is 0 Å². The third kappa shape index (κ3) is 3.27. The molecule has 1 aliphatic carbocycles. The highest BCUT2D eigenvalue weighted by Crippen LogP contribution is 2.23. The number of rotatable bonds is 5. The van der Waals surface area contributed by atoms with Crippen molar-refractivity contribution in [2.24, 2.45) is 12.5 Å². The van der Waals surface area contributed by atoms with Gasteiger partial charge in [-0.2, -0.15) is 4.80 Å².